The molecular formula is C17H26N2O3S. The van der Waals surface area contributed by atoms with Gasteiger partial charge in [0, 0.05) is 13.1 Å². The lowest BCUT2D eigenvalue weighted by molar-refractivity contribution is -0.126. The fourth-order valence-corrected chi connectivity index (χ4v) is 3.83. The van der Waals surface area contributed by atoms with Crippen LogP contribution in [0.5, 0.6) is 0 Å². The minimum absolute atomic E-state index is 0.0644. The lowest BCUT2D eigenvalue weighted by Gasteiger charge is -2.30. The number of carbonyl (C=O) groups is 1. The van der Waals surface area contributed by atoms with E-state index in [0.29, 0.717) is 6.54 Å². The first-order valence-corrected chi connectivity index (χ1v) is 10.0. The molecule has 6 heteroatoms. The molecule has 2 atom stereocenters. The number of carbonyl (C=O) groups excluding carboxylic acids is 1. The molecule has 1 aliphatic heterocycles. The summed E-state index contributed by atoms with van der Waals surface area (Å²) >= 11 is 0. The van der Waals surface area contributed by atoms with E-state index in [0.717, 1.165) is 24.8 Å². The molecule has 1 amide bonds. The summed E-state index contributed by atoms with van der Waals surface area (Å²) < 4.78 is 24.7. The van der Waals surface area contributed by atoms with Gasteiger partial charge in [-0.1, -0.05) is 31.2 Å². The first kappa shape index (κ1) is 17.9. The summed E-state index contributed by atoms with van der Waals surface area (Å²) in [7, 11) is -3.23. The smallest absolute Gasteiger partial charge is 0.224 e. The average molecular weight is 338 g/mol. The highest BCUT2D eigenvalue weighted by atomic mass is 32.2. The van der Waals surface area contributed by atoms with Gasteiger partial charge in [0.15, 0.2) is 0 Å². The van der Waals surface area contributed by atoms with E-state index in [9.17, 15) is 13.2 Å². The Morgan fingerprint density at radius 2 is 2.00 bits per heavy atom. The monoisotopic (exact) mass is 338 g/mol. The first-order chi connectivity index (χ1) is 10.8. The highest BCUT2D eigenvalue weighted by Crippen LogP contribution is 2.21. The van der Waals surface area contributed by atoms with E-state index in [1.165, 1.54) is 16.1 Å². The molecule has 1 heterocycles. The number of aryl methyl sites for hydroxylation is 1. The van der Waals surface area contributed by atoms with Crippen LogP contribution in [0.25, 0.3) is 0 Å². The zero-order chi connectivity index (χ0) is 17.0. The standard InChI is InChI=1S/C17H26N2O3S/c1-4-14-7-9-15(10-8-14)13(2)18-17(20)16-6-5-11-19(12-16)23(3,21)22/h7-10,13,16H,4-6,11-12H2,1-3H3,(H,18,20)/t13-,16-/m1/s1. The van der Waals surface area contributed by atoms with Crippen molar-refractivity contribution in [3.8, 4) is 0 Å². The van der Waals surface area contributed by atoms with E-state index in [1.54, 1.807) is 0 Å². The Kier molecular flexibility index (Phi) is 5.81. The van der Waals surface area contributed by atoms with Crippen LogP contribution in [-0.4, -0.2) is 38.0 Å². The fraction of sp³-hybridized carbons (Fsp3) is 0.588. The number of benzene rings is 1. The molecule has 128 valence electrons. The van der Waals surface area contributed by atoms with Crippen molar-refractivity contribution < 1.29 is 13.2 Å². The number of nitrogens with zero attached hydrogens (tertiary/aromatic N) is 1. The Morgan fingerprint density at radius 1 is 1.35 bits per heavy atom. The largest absolute Gasteiger partial charge is 0.349 e. The van der Waals surface area contributed by atoms with Crippen molar-refractivity contribution in [2.75, 3.05) is 19.3 Å². The van der Waals surface area contributed by atoms with Crippen molar-refractivity contribution in [2.45, 2.75) is 39.2 Å². The Bertz CT molecular complexity index is 640. The van der Waals surface area contributed by atoms with Crippen LogP contribution in [0.4, 0.5) is 0 Å². The Hall–Kier alpha value is -1.40. The van der Waals surface area contributed by atoms with Crippen LogP contribution >= 0.6 is 0 Å². The molecular weight excluding hydrogens is 312 g/mol. The summed E-state index contributed by atoms with van der Waals surface area (Å²) in [6.07, 6.45) is 3.65. The third kappa shape index (κ3) is 4.78. The predicted molar refractivity (Wildman–Crippen MR) is 91.5 cm³/mol. The van der Waals surface area contributed by atoms with Crippen LogP contribution in [-0.2, 0) is 21.2 Å². The molecule has 1 aromatic rings. The summed E-state index contributed by atoms with van der Waals surface area (Å²) in [6.45, 7) is 4.86. The highest BCUT2D eigenvalue weighted by molar-refractivity contribution is 7.88. The van der Waals surface area contributed by atoms with Gasteiger partial charge in [-0.25, -0.2) is 12.7 Å². The summed E-state index contributed by atoms with van der Waals surface area (Å²) in [6, 6.07) is 8.14. The molecule has 0 bridgehead atoms. The van der Waals surface area contributed by atoms with Gasteiger partial charge in [-0.05, 0) is 37.3 Å². The van der Waals surface area contributed by atoms with E-state index >= 15 is 0 Å². The van der Waals surface area contributed by atoms with Gasteiger partial charge >= 0.3 is 0 Å². The number of piperidine rings is 1. The molecule has 0 unspecified atom stereocenters. The zero-order valence-electron chi connectivity index (χ0n) is 14.1. The van der Waals surface area contributed by atoms with Crippen LogP contribution in [0.2, 0.25) is 0 Å². The lowest BCUT2D eigenvalue weighted by atomic mass is 9.97. The minimum atomic E-state index is -3.23. The lowest BCUT2D eigenvalue weighted by Crippen LogP contribution is -2.45. The van der Waals surface area contributed by atoms with Gasteiger partial charge in [-0.3, -0.25) is 4.79 Å². The molecule has 1 aromatic carbocycles. The predicted octanol–water partition coefficient (Wildman–Crippen LogP) is 2.10. The molecule has 0 radical (unpaired) electrons. The topological polar surface area (TPSA) is 66.5 Å². The molecule has 23 heavy (non-hydrogen) atoms. The van der Waals surface area contributed by atoms with Crippen LogP contribution in [0.15, 0.2) is 24.3 Å². The third-order valence-corrected chi connectivity index (χ3v) is 5.74. The summed E-state index contributed by atoms with van der Waals surface area (Å²) in [5.74, 6) is -0.332. The first-order valence-electron chi connectivity index (χ1n) is 8.15. The van der Waals surface area contributed by atoms with Gasteiger partial charge in [0.1, 0.15) is 0 Å². The van der Waals surface area contributed by atoms with Crippen molar-refractivity contribution >= 4 is 15.9 Å². The molecule has 1 aliphatic rings. The molecule has 0 aromatic heterocycles. The number of nitrogens with one attached hydrogen (secondary N) is 1. The second-order valence-electron chi connectivity index (χ2n) is 6.29. The van der Waals surface area contributed by atoms with Gasteiger partial charge in [0.25, 0.3) is 0 Å². The highest BCUT2D eigenvalue weighted by Gasteiger charge is 2.30. The van der Waals surface area contributed by atoms with E-state index in [4.69, 9.17) is 0 Å². The average Bonchev–Trinajstić information content (AvgIpc) is 2.54. The van der Waals surface area contributed by atoms with Crippen molar-refractivity contribution in [3.63, 3.8) is 0 Å². The number of hydrogen-bond donors (Lipinski definition) is 1. The van der Waals surface area contributed by atoms with E-state index in [2.05, 4.69) is 24.4 Å². The maximum absolute atomic E-state index is 12.4. The summed E-state index contributed by atoms with van der Waals surface area (Å²) in [4.78, 5) is 12.4. The van der Waals surface area contributed by atoms with Crippen LogP contribution in [0, 0.1) is 5.92 Å². The van der Waals surface area contributed by atoms with Crippen LogP contribution in [0.3, 0.4) is 0 Å². The fourth-order valence-electron chi connectivity index (χ4n) is 2.91. The van der Waals surface area contributed by atoms with E-state index in [-0.39, 0.29) is 24.4 Å². The molecule has 1 fully saturated rings. The van der Waals surface area contributed by atoms with Crippen LogP contribution in [0.1, 0.15) is 43.9 Å². The quantitative estimate of drug-likeness (QED) is 0.894. The van der Waals surface area contributed by atoms with Crippen molar-refractivity contribution in [1.29, 1.82) is 0 Å². The number of sulfonamides is 1. The molecule has 2 rings (SSSR count). The van der Waals surface area contributed by atoms with Gasteiger partial charge in [-0.2, -0.15) is 0 Å². The molecule has 0 aliphatic carbocycles. The van der Waals surface area contributed by atoms with Crippen molar-refractivity contribution in [2.24, 2.45) is 5.92 Å². The molecule has 1 saturated heterocycles. The molecule has 0 spiro atoms. The van der Waals surface area contributed by atoms with E-state index in [1.807, 2.05) is 19.1 Å². The van der Waals surface area contributed by atoms with Crippen molar-refractivity contribution in [1.82, 2.24) is 9.62 Å². The molecule has 1 N–H and O–H groups in total. The van der Waals surface area contributed by atoms with Gasteiger partial charge in [0.2, 0.25) is 15.9 Å². The van der Waals surface area contributed by atoms with E-state index < -0.39 is 10.0 Å². The van der Waals surface area contributed by atoms with Gasteiger partial charge in [-0.15, -0.1) is 0 Å². The Labute approximate surface area is 139 Å². The molecule has 5 nitrogen and oxygen atoms in total. The Morgan fingerprint density at radius 3 is 2.57 bits per heavy atom. The maximum atomic E-state index is 12.4. The van der Waals surface area contributed by atoms with Gasteiger partial charge < -0.3 is 5.32 Å². The normalized spacial score (nSPS) is 20.9. The number of hydrogen-bond acceptors (Lipinski definition) is 3. The van der Waals surface area contributed by atoms with Crippen molar-refractivity contribution in [3.05, 3.63) is 35.4 Å². The summed E-state index contributed by atoms with van der Waals surface area (Å²) in [5.41, 5.74) is 2.33. The number of amides is 1. The second-order valence-corrected chi connectivity index (χ2v) is 8.27. The van der Waals surface area contributed by atoms with Gasteiger partial charge in [0.05, 0.1) is 18.2 Å². The van der Waals surface area contributed by atoms with Crippen LogP contribution < -0.4 is 5.32 Å². The maximum Gasteiger partial charge on any atom is 0.224 e. The number of rotatable bonds is 5. The Balaban J connectivity index is 1.97. The minimum Gasteiger partial charge on any atom is -0.349 e. The molecule has 0 saturated carbocycles. The summed E-state index contributed by atoms with van der Waals surface area (Å²) in [5, 5.41) is 3.01. The second kappa shape index (κ2) is 7.45. The zero-order valence-corrected chi connectivity index (χ0v) is 14.9. The third-order valence-electron chi connectivity index (χ3n) is 4.47. The SMILES string of the molecule is CCc1ccc([C@@H](C)NC(=O)[C@@H]2CCCN(S(C)(=O)=O)C2)cc1.